The molecule has 1 amide bonds. The smallest absolute Gasteiger partial charge is 0.239 e. The SMILES string of the molecule is CC(C(=O)N1CCC(N)CC1)N1CCC(=O)CC1. The molecule has 1 atom stereocenters. The predicted octanol–water partition coefficient (Wildman–Crippen LogP) is -0.0105. The van der Waals surface area contributed by atoms with Crippen molar-refractivity contribution in [3.05, 3.63) is 0 Å². The van der Waals surface area contributed by atoms with Crippen LogP contribution in [0.25, 0.3) is 0 Å². The molecule has 0 aromatic carbocycles. The van der Waals surface area contributed by atoms with Crippen LogP contribution in [0.15, 0.2) is 0 Å². The maximum absolute atomic E-state index is 12.3. The second-order valence-electron chi connectivity index (χ2n) is 5.41. The van der Waals surface area contributed by atoms with E-state index in [1.54, 1.807) is 0 Å². The number of piperidine rings is 2. The highest BCUT2D eigenvalue weighted by Crippen LogP contribution is 2.15. The van der Waals surface area contributed by atoms with E-state index in [2.05, 4.69) is 4.90 Å². The summed E-state index contributed by atoms with van der Waals surface area (Å²) in [6.07, 6.45) is 2.97. The van der Waals surface area contributed by atoms with Crippen LogP contribution in [0, 0.1) is 0 Å². The molecule has 0 radical (unpaired) electrons. The van der Waals surface area contributed by atoms with Crippen LogP contribution in [0.2, 0.25) is 0 Å². The van der Waals surface area contributed by atoms with Gasteiger partial charge in [0.1, 0.15) is 5.78 Å². The van der Waals surface area contributed by atoms with Crippen molar-refractivity contribution in [1.82, 2.24) is 9.80 Å². The molecule has 0 aromatic heterocycles. The van der Waals surface area contributed by atoms with Crippen LogP contribution in [0.3, 0.4) is 0 Å². The number of amides is 1. The van der Waals surface area contributed by atoms with Gasteiger partial charge in [0.25, 0.3) is 0 Å². The Bertz CT molecular complexity index is 314. The van der Waals surface area contributed by atoms with E-state index in [0.29, 0.717) is 18.6 Å². The van der Waals surface area contributed by atoms with Crippen LogP contribution in [0.5, 0.6) is 0 Å². The minimum Gasteiger partial charge on any atom is -0.341 e. The van der Waals surface area contributed by atoms with E-state index in [0.717, 1.165) is 39.0 Å². The number of nitrogens with two attached hydrogens (primary N) is 1. The maximum atomic E-state index is 12.3. The summed E-state index contributed by atoms with van der Waals surface area (Å²) in [5.41, 5.74) is 5.85. The Morgan fingerprint density at radius 1 is 1.22 bits per heavy atom. The molecule has 102 valence electrons. The third-order valence-corrected chi connectivity index (χ3v) is 4.11. The molecule has 0 saturated carbocycles. The predicted molar refractivity (Wildman–Crippen MR) is 69.1 cm³/mol. The quantitative estimate of drug-likeness (QED) is 0.751. The molecule has 0 aromatic rings. The molecule has 2 saturated heterocycles. The number of rotatable bonds is 2. The van der Waals surface area contributed by atoms with Gasteiger partial charge < -0.3 is 10.6 Å². The highest BCUT2D eigenvalue weighted by molar-refractivity contribution is 5.83. The zero-order valence-corrected chi connectivity index (χ0v) is 11.1. The van der Waals surface area contributed by atoms with Crippen LogP contribution < -0.4 is 5.73 Å². The lowest BCUT2D eigenvalue weighted by Crippen LogP contribution is -2.52. The summed E-state index contributed by atoms with van der Waals surface area (Å²) in [5.74, 6) is 0.506. The first-order valence-corrected chi connectivity index (χ1v) is 6.88. The largest absolute Gasteiger partial charge is 0.341 e. The number of ketones is 1. The molecule has 2 heterocycles. The second kappa shape index (κ2) is 5.80. The van der Waals surface area contributed by atoms with E-state index >= 15 is 0 Å². The molecule has 0 spiro atoms. The highest BCUT2D eigenvalue weighted by Gasteiger charge is 2.30. The molecule has 5 heteroatoms. The number of carbonyl (C=O) groups is 2. The van der Waals surface area contributed by atoms with Crippen molar-refractivity contribution in [2.24, 2.45) is 5.73 Å². The molecule has 0 aliphatic carbocycles. The summed E-state index contributed by atoms with van der Waals surface area (Å²) >= 11 is 0. The summed E-state index contributed by atoms with van der Waals surface area (Å²) < 4.78 is 0. The van der Waals surface area contributed by atoms with Gasteiger partial charge in [-0.2, -0.15) is 0 Å². The molecule has 2 N–H and O–H groups in total. The molecule has 1 unspecified atom stereocenters. The number of carbonyl (C=O) groups excluding carboxylic acids is 2. The molecular formula is C13H23N3O2. The summed E-state index contributed by atoms with van der Waals surface area (Å²) in [4.78, 5) is 27.6. The van der Waals surface area contributed by atoms with Crippen LogP contribution in [-0.2, 0) is 9.59 Å². The summed E-state index contributed by atoms with van der Waals surface area (Å²) in [5, 5.41) is 0. The van der Waals surface area contributed by atoms with Crippen molar-refractivity contribution >= 4 is 11.7 Å². The van der Waals surface area contributed by atoms with Gasteiger partial charge in [0.15, 0.2) is 0 Å². The van der Waals surface area contributed by atoms with Gasteiger partial charge in [-0.3, -0.25) is 14.5 Å². The van der Waals surface area contributed by atoms with E-state index < -0.39 is 0 Å². The molecule has 5 nitrogen and oxygen atoms in total. The summed E-state index contributed by atoms with van der Waals surface area (Å²) in [6, 6.07) is 0.143. The standard InChI is InChI=1S/C13H23N3O2/c1-10(15-8-4-12(17)5-9-15)13(18)16-6-2-11(14)3-7-16/h10-11H,2-9,14H2,1H3. The van der Waals surface area contributed by atoms with Crippen molar-refractivity contribution in [1.29, 1.82) is 0 Å². The molecular weight excluding hydrogens is 230 g/mol. The van der Waals surface area contributed by atoms with Crippen molar-refractivity contribution < 1.29 is 9.59 Å². The van der Waals surface area contributed by atoms with Crippen LogP contribution in [0.1, 0.15) is 32.6 Å². The lowest BCUT2D eigenvalue weighted by atomic mass is 10.0. The van der Waals surface area contributed by atoms with Gasteiger partial charge in [0.2, 0.25) is 5.91 Å². The maximum Gasteiger partial charge on any atom is 0.239 e. The van der Waals surface area contributed by atoms with Crippen LogP contribution >= 0.6 is 0 Å². The van der Waals surface area contributed by atoms with Gasteiger partial charge in [0, 0.05) is 45.1 Å². The summed E-state index contributed by atoms with van der Waals surface area (Å²) in [7, 11) is 0. The molecule has 2 aliphatic heterocycles. The molecule has 0 bridgehead atoms. The Morgan fingerprint density at radius 3 is 2.33 bits per heavy atom. The fourth-order valence-electron chi connectivity index (χ4n) is 2.70. The van der Waals surface area contributed by atoms with Gasteiger partial charge >= 0.3 is 0 Å². The zero-order chi connectivity index (χ0) is 13.1. The Morgan fingerprint density at radius 2 is 1.78 bits per heavy atom. The zero-order valence-electron chi connectivity index (χ0n) is 11.1. The first-order valence-electron chi connectivity index (χ1n) is 6.88. The Balaban J connectivity index is 1.86. The number of likely N-dealkylation sites (tertiary alicyclic amines) is 2. The Labute approximate surface area is 108 Å². The van der Waals surface area contributed by atoms with Crippen LogP contribution in [0.4, 0.5) is 0 Å². The van der Waals surface area contributed by atoms with Gasteiger partial charge in [-0.25, -0.2) is 0 Å². The molecule has 2 fully saturated rings. The second-order valence-corrected chi connectivity index (χ2v) is 5.41. The Kier molecular flexibility index (Phi) is 4.35. The van der Waals surface area contributed by atoms with Gasteiger partial charge in [-0.1, -0.05) is 0 Å². The summed E-state index contributed by atoms with van der Waals surface area (Å²) in [6.45, 7) is 4.94. The fraction of sp³-hybridized carbons (Fsp3) is 0.846. The monoisotopic (exact) mass is 253 g/mol. The first-order chi connectivity index (χ1) is 8.58. The average molecular weight is 253 g/mol. The minimum absolute atomic E-state index is 0.104. The van der Waals surface area contributed by atoms with E-state index in [1.165, 1.54) is 0 Å². The molecule has 2 rings (SSSR count). The number of nitrogens with zero attached hydrogens (tertiary/aromatic N) is 2. The average Bonchev–Trinajstić information content (AvgIpc) is 2.39. The van der Waals surface area contributed by atoms with E-state index in [1.807, 2.05) is 11.8 Å². The van der Waals surface area contributed by atoms with Crippen molar-refractivity contribution in [3.8, 4) is 0 Å². The minimum atomic E-state index is -0.104. The van der Waals surface area contributed by atoms with Crippen molar-refractivity contribution in [3.63, 3.8) is 0 Å². The Hall–Kier alpha value is -0.940. The third-order valence-electron chi connectivity index (χ3n) is 4.11. The lowest BCUT2D eigenvalue weighted by molar-refractivity contribution is -0.139. The highest BCUT2D eigenvalue weighted by atomic mass is 16.2. The topological polar surface area (TPSA) is 66.6 Å². The van der Waals surface area contributed by atoms with E-state index in [9.17, 15) is 9.59 Å². The van der Waals surface area contributed by atoms with Crippen molar-refractivity contribution in [2.45, 2.75) is 44.7 Å². The molecule has 2 aliphatic rings. The lowest BCUT2D eigenvalue weighted by Gasteiger charge is -2.37. The molecule has 18 heavy (non-hydrogen) atoms. The normalized spacial score (nSPS) is 25.2. The first kappa shape index (κ1) is 13.5. The number of hydrogen-bond donors (Lipinski definition) is 1. The fourth-order valence-corrected chi connectivity index (χ4v) is 2.70. The van der Waals surface area contributed by atoms with E-state index in [-0.39, 0.29) is 18.0 Å². The number of Topliss-reactive ketones (excluding diaryl/α,β-unsaturated/α-hetero) is 1. The third kappa shape index (κ3) is 3.09. The van der Waals surface area contributed by atoms with Crippen molar-refractivity contribution in [2.75, 3.05) is 26.2 Å². The van der Waals surface area contributed by atoms with E-state index in [4.69, 9.17) is 5.73 Å². The van der Waals surface area contributed by atoms with Gasteiger partial charge in [-0.15, -0.1) is 0 Å². The van der Waals surface area contributed by atoms with Crippen LogP contribution in [-0.4, -0.2) is 59.8 Å². The van der Waals surface area contributed by atoms with Gasteiger partial charge in [0.05, 0.1) is 6.04 Å². The number of hydrogen-bond acceptors (Lipinski definition) is 4. The van der Waals surface area contributed by atoms with Gasteiger partial charge in [-0.05, 0) is 19.8 Å².